The van der Waals surface area contributed by atoms with Gasteiger partial charge in [-0.2, -0.15) is 8.42 Å². The van der Waals surface area contributed by atoms with E-state index in [1.54, 1.807) is 0 Å². The van der Waals surface area contributed by atoms with E-state index in [9.17, 15) is 13.2 Å². The molecular formula is C14H24ClN3O4S. The fourth-order valence-corrected chi connectivity index (χ4v) is 2.84. The van der Waals surface area contributed by atoms with Gasteiger partial charge in [0.25, 0.3) is 10.1 Å². The average molecular weight is 366 g/mol. The molecule has 1 aromatic rings. The molecule has 1 amide bonds. The summed E-state index contributed by atoms with van der Waals surface area (Å²) in [5.74, 6) is -0.994. The van der Waals surface area contributed by atoms with Gasteiger partial charge in [0.1, 0.15) is 0 Å². The van der Waals surface area contributed by atoms with E-state index in [0.29, 0.717) is 25.8 Å². The van der Waals surface area contributed by atoms with Crippen LogP contribution in [0, 0.1) is 0 Å². The van der Waals surface area contributed by atoms with Crippen LogP contribution in [0.1, 0.15) is 18.4 Å². The lowest BCUT2D eigenvalue weighted by Crippen LogP contribution is -2.48. The minimum Gasteiger partial charge on any atom is -0.351 e. The normalized spacial score (nSPS) is 13.7. The molecule has 0 aromatic heterocycles. The molecule has 0 saturated heterocycles. The first-order valence-corrected chi connectivity index (χ1v) is 8.68. The number of carbonyl (C=O) groups excluding carboxylic acids is 1. The van der Waals surface area contributed by atoms with Crippen molar-refractivity contribution in [2.45, 2.75) is 31.3 Å². The van der Waals surface area contributed by atoms with Crippen molar-refractivity contribution in [3.63, 3.8) is 0 Å². The summed E-state index contributed by atoms with van der Waals surface area (Å²) in [6.45, 7) is 0.369. The lowest BCUT2D eigenvalue weighted by atomic mass is 10.1. The Morgan fingerprint density at radius 1 is 1.26 bits per heavy atom. The molecule has 0 saturated carbocycles. The van der Waals surface area contributed by atoms with Crippen LogP contribution in [0.3, 0.4) is 0 Å². The molecule has 2 atom stereocenters. The van der Waals surface area contributed by atoms with Crippen molar-refractivity contribution in [2.24, 2.45) is 11.5 Å². The highest BCUT2D eigenvalue weighted by Crippen LogP contribution is 2.04. The van der Waals surface area contributed by atoms with E-state index in [2.05, 4.69) is 5.32 Å². The van der Waals surface area contributed by atoms with Gasteiger partial charge in [-0.3, -0.25) is 9.35 Å². The molecule has 9 heteroatoms. The number of halogens is 1. The molecule has 1 aromatic carbocycles. The molecule has 0 radical (unpaired) electrons. The van der Waals surface area contributed by atoms with Crippen LogP contribution in [0.15, 0.2) is 30.3 Å². The molecule has 23 heavy (non-hydrogen) atoms. The number of benzene rings is 1. The van der Waals surface area contributed by atoms with Crippen molar-refractivity contribution in [3.8, 4) is 0 Å². The minimum atomic E-state index is -4.18. The number of carbonyl (C=O) groups is 1. The first kappa shape index (κ1) is 21.8. The van der Waals surface area contributed by atoms with Crippen molar-refractivity contribution >= 4 is 28.4 Å². The summed E-state index contributed by atoms with van der Waals surface area (Å²) >= 11 is 0. The smallest absolute Gasteiger partial charge is 0.266 e. The second kappa shape index (κ2) is 10.6. The molecule has 0 aliphatic rings. The van der Waals surface area contributed by atoms with Crippen LogP contribution in [-0.2, 0) is 21.3 Å². The van der Waals surface area contributed by atoms with Crippen LogP contribution >= 0.6 is 12.4 Å². The van der Waals surface area contributed by atoms with Crippen LogP contribution in [0.2, 0.25) is 0 Å². The van der Waals surface area contributed by atoms with Crippen molar-refractivity contribution < 1.29 is 17.8 Å². The summed E-state index contributed by atoms with van der Waals surface area (Å²) in [5, 5.41) is 2.57. The lowest BCUT2D eigenvalue weighted by Gasteiger charge is -2.20. The van der Waals surface area contributed by atoms with Crippen molar-refractivity contribution in [2.75, 3.05) is 12.3 Å². The maximum absolute atomic E-state index is 12.1. The Kier molecular flexibility index (Phi) is 10.0. The molecule has 0 aliphatic carbocycles. The molecule has 6 N–H and O–H groups in total. The summed E-state index contributed by atoms with van der Waals surface area (Å²) < 4.78 is 30.9. The van der Waals surface area contributed by atoms with Crippen molar-refractivity contribution in [1.82, 2.24) is 5.32 Å². The number of hydrogen-bond donors (Lipinski definition) is 4. The van der Waals surface area contributed by atoms with Gasteiger partial charge in [-0.1, -0.05) is 30.3 Å². The minimum absolute atomic E-state index is 0. The van der Waals surface area contributed by atoms with Crippen LogP contribution in [0.4, 0.5) is 0 Å². The molecule has 0 spiro atoms. The molecule has 7 nitrogen and oxygen atoms in total. The number of nitrogens with two attached hydrogens (primary N) is 2. The lowest BCUT2D eigenvalue weighted by molar-refractivity contribution is -0.122. The number of rotatable bonds is 9. The Balaban J connectivity index is 0.00000484. The van der Waals surface area contributed by atoms with Crippen LogP contribution < -0.4 is 16.8 Å². The monoisotopic (exact) mass is 365 g/mol. The van der Waals surface area contributed by atoms with Gasteiger partial charge in [0.15, 0.2) is 0 Å². The fraction of sp³-hybridized carbons (Fsp3) is 0.500. The summed E-state index contributed by atoms with van der Waals surface area (Å²) in [6, 6.07) is 7.79. The third-order valence-electron chi connectivity index (χ3n) is 3.15. The van der Waals surface area contributed by atoms with E-state index in [0.717, 1.165) is 5.56 Å². The zero-order valence-corrected chi connectivity index (χ0v) is 14.4. The van der Waals surface area contributed by atoms with E-state index < -0.39 is 33.9 Å². The van der Waals surface area contributed by atoms with Crippen LogP contribution in [-0.4, -0.2) is 43.3 Å². The second-order valence-electron chi connectivity index (χ2n) is 5.18. The fourth-order valence-electron chi connectivity index (χ4n) is 2.08. The van der Waals surface area contributed by atoms with Crippen LogP contribution in [0.25, 0.3) is 0 Å². The van der Waals surface area contributed by atoms with E-state index >= 15 is 0 Å². The highest BCUT2D eigenvalue weighted by molar-refractivity contribution is 7.85. The summed E-state index contributed by atoms with van der Waals surface area (Å²) in [4.78, 5) is 12.1. The predicted molar refractivity (Wildman–Crippen MR) is 92.0 cm³/mol. The van der Waals surface area contributed by atoms with Gasteiger partial charge in [0, 0.05) is 6.04 Å². The maximum Gasteiger partial charge on any atom is 0.266 e. The molecule has 132 valence electrons. The predicted octanol–water partition coefficient (Wildman–Crippen LogP) is 0.0897. The van der Waals surface area contributed by atoms with Gasteiger partial charge in [0.2, 0.25) is 5.91 Å². The van der Waals surface area contributed by atoms with E-state index in [1.807, 2.05) is 30.3 Å². The zero-order valence-electron chi connectivity index (χ0n) is 12.7. The highest BCUT2D eigenvalue weighted by atomic mass is 35.5. The Bertz CT molecular complexity index is 569. The summed E-state index contributed by atoms with van der Waals surface area (Å²) in [6.07, 6.45) is 1.25. The molecule has 0 heterocycles. The van der Waals surface area contributed by atoms with Gasteiger partial charge >= 0.3 is 0 Å². The Morgan fingerprint density at radius 2 is 1.87 bits per heavy atom. The molecule has 0 aliphatic heterocycles. The Hall–Kier alpha value is -1.19. The quantitative estimate of drug-likeness (QED) is 0.458. The standard InChI is InChI=1S/C14H23N3O4S.ClH/c15-8-4-7-12(10-22(19,20)21)17-14(18)13(16)9-11-5-2-1-3-6-11;/h1-3,5-6,12-13H,4,7-10,15-16H2,(H,17,18)(H,19,20,21);1H/t12-,13-;/m0./s1. The highest BCUT2D eigenvalue weighted by Gasteiger charge is 2.22. The Labute approximate surface area is 143 Å². The molecule has 0 bridgehead atoms. The van der Waals surface area contributed by atoms with Gasteiger partial charge < -0.3 is 16.8 Å². The van der Waals surface area contributed by atoms with Gasteiger partial charge in [-0.15, -0.1) is 12.4 Å². The first-order chi connectivity index (χ1) is 10.3. The Morgan fingerprint density at radius 3 is 2.39 bits per heavy atom. The average Bonchev–Trinajstić information content (AvgIpc) is 2.44. The number of hydrogen-bond acceptors (Lipinski definition) is 5. The maximum atomic E-state index is 12.1. The third-order valence-corrected chi connectivity index (χ3v) is 3.97. The van der Waals surface area contributed by atoms with E-state index in [-0.39, 0.29) is 12.4 Å². The summed E-state index contributed by atoms with van der Waals surface area (Å²) in [5.41, 5.74) is 12.1. The first-order valence-electron chi connectivity index (χ1n) is 7.07. The van der Waals surface area contributed by atoms with E-state index in [1.165, 1.54) is 0 Å². The molecule has 0 fully saturated rings. The molecule has 1 rings (SSSR count). The number of amides is 1. The largest absolute Gasteiger partial charge is 0.351 e. The third kappa shape index (κ3) is 9.52. The van der Waals surface area contributed by atoms with Crippen LogP contribution in [0.5, 0.6) is 0 Å². The van der Waals surface area contributed by atoms with Crippen molar-refractivity contribution in [1.29, 1.82) is 0 Å². The van der Waals surface area contributed by atoms with Gasteiger partial charge in [-0.05, 0) is 31.4 Å². The summed E-state index contributed by atoms with van der Waals surface area (Å²) in [7, 11) is -4.18. The number of nitrogens with one attached hydrogen (secondary N) is 1. The van der Waals surface area contributed by atoms with Crippen molar-refractivity contribution in [3.05, 3.63) is 35.9 Å². The van der Waals surface area contributed by atoms with Gasteiger partial charge in [0.05, 0.1) is 11.8 Å². The molecular weight excluding hydrogens is 342 g/mol. The SMILES string of the molecule is Cl.NCCC[C@@H](CS(=O)(=O)O)NC(=O)[C@@H](N)Cc1ccccc1. The topological polar surface area (TPSA) is 136 Å². The second-order valence-corrected chi connectivity index (χ2v) is 6.68. The van der Waals surface area contributed by atoms with E-state index in [4.69, 9.17) is 16.0 Å². The zero-order chi connectivity index (χ0) is 16.6. The molecule has 0 unspecified atom stereocenters. The van der Waals surface area contributed by atoms with Gasteiger partial charge in [-0.25, -0.2) is 0 Å².